The van der Waals surface area contributed by atoms with E-state index < -0.39 is 0 Å². The summed E-state index contributed by atoms with van der Waals surface area (Å²) in [4.78, 5) is 0. The van der Waals surface area contributed by atoms with Gasteiger partial charge in [0, 0.05) is 12.1 Å². The van der Waals surface area contributed by atoms with Crippen molar-refractivity contribution in [2.24, 2.45) is 0 Å². The molecule has 0 atom stereocenters. The van der Waals surface area contributed by atoms with Gasteiger partial charge in [-0.2, -0.15) is 0 Å². The normalized spacial score (nSPS) is 14.3. The molecule has 0 saturated heterocycles. The Kier molecular flexibility index (Phi) is 3.76. The van der Waals surface area contributed by atoms with Crippen LogP contribution < -0.4 is 4.74 Å². The molecule has 1 aromatic carbocycles. The first-order valence-electron chi connectivity index (χ1n) is 5.87. The maximum absolute atomic E-state index is 8.11. The minimum absolute atomic E-state index is 0.640. The molecule has 1 aromatic rings. The maximum Gasteiger partial charge on any atom is 0.119 e. The van der Waals surface area contributed by atoms with Crippen LogP contribution >= 0.6 is 0 Å². The zero-order valence-electron chi connectivity index (χ0n) is 10.1. The Balaban J connectivity index is 2.08. The molecule has 0 fully saturated rings. The Morgan fingerprint density at radius 2 is 2.24 bits per heavy atom. The second-order valence-corrected chi connectivity index (χ2v) is 4.15. The van der Waals surface area contributed by atoms with Crippen molar-refractivity contribution in [1.82, 2.24) is 0 Å². The van der Waals surface area contributed by atoms with Gasteiger partial charge in [0.05, 0.1) is 7.11 Å². The molecule has 1 N–H and O–H groups in total. The summed E-state index contributed by atoms with van der Waals surface area (Å²) >= 11 is 0. The SMILES string of the molecule is COc1cccc(C(=N)CC2=CCCC=C2)c1. The van der Waals surface area contributed by atoms with Crippen molar-refractivity contribution < 1.29 is 4.74 Å². The molecule has 0 heterocycles. The first-order chi connectivity index (χ1) is 8.29. The zero-order valence-corrected chi connectivity index (χ0v) is 10.1. The summed E-state index contributed by atoms with van der Waals surface area (Å²) in [6, 6.07) is 7.69. The molecule has 1 aliphatic rings. The van der Waals surface area contributed by atoms with E-state index in [0.29, 0.717) is 12.1 Å². The van der Waals surface area contributed by atoms with Gasteiger partial charge in [0.25, 0.3) is 0 Å². The number of rotatable bonds is 4. The van der Waals surface area contributed by atoms with Crippen LogP contribution in [0.3, 0.4) is 0 Å². The highest BCUT2D eigenvalue weighted by Crippen LogP contribution is 2.18. The highest BCUT2D eigenvalue weighted by Gasteiger charge is 2.06. The molecule has 0 spiro atoms. The standard InChI is InChI=1S/C15H17NO/c1-17-14-9-5-8-13(11-14)15(16)10-12-6-3-2-4-7-12/h3,5-9,11,16H,2,4,10H2,1H3. The molecule has 2 nitrogen and oxygen atoms in total. The number of ether oxygens (including phenoxy) is 1. The molecular formula is C15H17NO. The third-order valence-corrected chi connectivity index (χ3v) is 2.87. The summed E-state index contributed by atoms with van der Waals surface area (Å²) in [5, 5.41) is 8.11. The van der Waals surface area contributed by atoms with E-state index in [1.807, 2.05) is 24.3 Å². The van der Waals surface area contributed by atoms with Gasteiger partial charge in [0.15, 0.2) is 0 Å². The fraction of sp³-hybridized carbons (Fsp3) is 0.267. The molecule has 0 bridgehead atoms. The summed E-state index contributed by atoms with van der Waals surface area (Å²) < 4.78 is 5.17. The van der Waals surface area contributed by atoms with Crippen molar-refractivity contribution in [1.29, 1.82) is 5.41 Å². The topological polar surface area (TPSA) is 33.1 Å². The van der Waals surface area contributed by atoms with Crippen LogP contribution in [0, 0.1) is 5.41 Å². The van der Waals surface area contributed by atoms with Gasteiger partial charge >= 0.3 is 0 Å². The maximum atomic E-state index is 8.11. The van der Waals surface area contributed by atoms with Crippen LogP contribution in [-0.4, -0.2) is 12.8 Å². The lowest BCUT2D eigenvalue weighted by Crippen LogP contribution is -2.01. The molecular weight excluding hydrogens is 210 g/mol. The fourth-order valence-electron chi connectivity index (χ4n) is 1.92. The van der Waals surface area contributed by atoms with E-state index >= 15 is 0 Å². The van der Waals surface area contributed by atoms with Gasteiger partial charge in [-0.25, -0.2) is 0 Å². The van der Waals surface area contributed by atoms with Gasteiger partial charge in [0.2, 0.25) is 0 Å². The highest BCUT2D eigenvalue weighted by molar-refractivity contribution is 6.00. The summed E-state index contributed by atoms with van der Waals surface area (Å²) in [5.74, 6) is 0.806. The van der Waals surface area contributed by atoms with Gasteiger partial charge in [-0.3, -0.25) is 0 Å². The summed E-state index contributed by atoms with van der Waals surface area (Å²) in [6.07, 6.45) is 9.43. The van der Waals surface area contributed by atoms with Gasteiger partial charge in [-0.05, 0) is 36.1 Å². The van der Waals surface area contributed by atoms with Gasteiger partial charge in [-0.15, -0.1) is 0 Å². The summed E-state index contributed by atoms with van der Waals surface area (Å²) in [6.45, 7) is 0. The summed E-state index contributed by atoms with van der Waals surface area (Å²) in [5.41, 5.74) is 2.81. The van der Waals surface area contributed by atoms with Crippen molar-refractivity contribution in [2.45, 2.75) is 19.3 Å². The molecule has 2 heteroatoms. The molecule has 0 saturated carbocycles. The van der Waals surface area contributed by atoms with E-state index in [1.165, 1.54) is 5.57 Å². The Bertz CT molecular complexity index is 472. The molecule has 1 aliphatic carbocycles. The van der Waals surface area contributed by atoms with E-state index in [2.05, 4.69) is 18.2 Å². The van der Waals surface area contributed by atoms with E-state index in [-0.39, 0.29) is 0 Å². The van der Waals surface area contributed by atoms with Gasteiger partial charge in [0.1, 0.15) is 5.75 Å². The van der Waals surface area contributed by atoms with Crippen LogP contribution in [0.1, 0.15) is 24.8 Å². The minimum Gasteiger partial charge on any atom is -0.497 e. The number of allylic oxidation sites excluding steroid dienone is 4. The Morgan fingerprint density at radius 1 is 1.35 bits per heavy atom. The summed E-state index contributed by atoms with van der Waals surface area (Å²) in [7, 11) is 1.65. The quantitative estimate of drug-likeness (QED) is 0.781. The molecule has 0 radical (unpaired) electrons. The molecule has 0 amide bonds. The smallest absolute Gasteiger partial charge is 0.119 e. The number of hydrogen-bond donors (Lipinski definition) is 1. The molecule has 0 unspecified atom stereocenters. The van der Waals surface area contributed by atoms with Crippen molar-refractivity contribution >= 4 is 5.71 Å². The largest absolute Gasteiger partial charge is 0.497 e. The minimum atomic E-state index is 0.640. The number of methoxy groups -OCH3 is 1. The highest BCUT2D eigenvalue weighted by atomic mass is 16.5. The first-order valence-corrected chi connectivity index (χ1v) is 5.87. The molecule has 0 aromatic heterocycles. The van der Waals surface area contributed by atoms with Crippen LogP contribution in [0.2, 0.25) is 0 Å². The zero-order chi connectivity index (χ0) is 12.1. The lowest BCUT2D eigenvalue weighted by atomic mass is 9.98. The Hall–Kier alpha value is -1.83. The van der Waals surface area contributed by atoms with Crippen LogP contribution in [0.5, 0.6) is 5.75 Å². The predicted octanol–water partition coefficient (Wildman–Crippen LogP) is 3.73. The Labute approximate surface area is 102 Å². The lowest BCUT2D eigenvalue weighted by Gasteiger charge is -2.09. The lowest BCUT2D eigenvalue weighted by molar-refractivity contribution is 0.414. The average Bonchev–Trinajstić information content (AvgIpc) is 2.40. The van der Waals surface area contributed by atoms with E-state index in [1.54, 1.807) is 7.11 Å². The van der Waals surface area contributed by atoms with Crippen molar-refractivity contribution in [3.8, 4) is 5.75 Å². The third kappa shape index (κ3) is 3.06. The van der Waals surface area contributed by atoms with Crippen LogP contribution in [-0.2, 0) is 0 Å². The van der Waals surface area contributed by atoms with Crippen LogP contribution in [0.25, 0.3) is 0 Å². The monoisotopic (exact) mass is 227 g/mol. The number of nitrogens with one attached hydrogen (secondary N) is 1. The second kappa shape index (κ2) is 5.48. The van der Waals surface area contributed by atoms with E-state index in [9.17, 15) is 0 Å². The van der Waals surface area contributed by atoms with Gasteiger partial charge in [-0.1, -0.05) is 30.4 Å². The molecule has 88 valence electrons. The molecule has 0 aliphatic heterocycles. The average molecular weight is 227 g/mol. The fourth-order valence-corrected chi connectivity index (χ4v) is 1.92. The van der Waals surface area contributed by atoms with Crippen molar-refractivity contribution in [2.75, 3.05) is 7.11 Å². The molecule has 17 heavy (non-hydrogen) atoms. The number of benzene rings is 1. The van der Waals surface area contributed by atoms with Crippen molar-refractivity contribution in [3.63, 3.8) is 0 Å². The predicted molar refractivity (Wildman–Crippen MR) is 70.9 cm³/mol. The Morgan fingerprint density at radius 3 is 2.94 bits per heavy atom. The van der Waals surface area contributed by atoms with Crippen LogP contribution in [0.4, 0.5) is 0 Å². The van der Waals surface area contributed by atoms with Gasteiger partial charge < -0.3 is 10.1 Å². The van der Waals surface area contributed by atoms with E-state index in [4.69, 9.17) is 10.1 Å². The second-order valence-electron chi connectivity index (χ2n) is 4.15. The van der Waals surface area contributed by atoms with E-state index in [0.717, 1.165) is 24.2 Å². The van der Waals surface area contributed by atoms with Crippen molar-refractivity contribution in [3.05, 3.63) is 53.6 Å². The van der Waals surface area contributed by atoms with Crippen LogP contribution in [0.15, 0.2) is 48.1 Å². The first kappa shape index (κ1) is 11.6. The number of hydrogen-bond acceptors (Lipinski definition) is 2. The third-order valence-electron chi connectivity index (χ3n) is 2.87. The molecule has 2 rings (SSSR count).